The number of nitrogens with zero attached hydrogens (tertiary/aromatic N) is 3. The number of fused-ring (bicyclic) bond motifs is 1. The van der Waals surface area contributed by atoms with E-state index in [0.717, 1.165) is 18.4 Å². The van der Waals surface area contributed by atoms with Crippen LogP contribution in [-0.2, 0) is 4.79 Å². The minimum atomic E-state index is -0.210. The summed E-state index contributed by atoms with van der Waals surface area (Å²) in [5.74, 6) is 0.333. The molecule has 0 aliphatic carbocycles. The normalized spacial score (nSPS) is 16.0. The van der Waals surface area contributed by atoms with E-state index in [1.807, 2.05) is 26.0 Å². The Bertz CT molecular complexity index is 997. The third-order valence-electron chi connectivity index (χ3n) is 4.23. The molecular formula is C19H22N4O2S2. The molecule has 0 spiro atoms. The van der Waals surface area contributed by atoms with Crippen molar-refractivity contribution in [3.8, 4) is 0 Å². The molecule has 2 aromatic rings. The molecule has 3 heterocycles. The first-order valence-corrected chi connectivity index (χ1v) is 10.2. The second-order valence-corrected chi connectivity index (χ2v) is 8.01. The zero-order chi connectivity index (χ0) is 19.6. The minimum absolute atomic E-state index is 0.144. The average molecular weight is 403 g/mol. The Kier molecular flexibility index (Phi) is 5.96. The van der Waals surface area contributed by atoms with E-state index in [9.17, 15) is 9.59 Å². The SMILES string of the molecule is CCCCN1C(=O)/C(=C\c2c(NCC)nc3ccc(C)cn3c2=O)SC1=S. The summed E-state index contributed by atoms with van der Waals surface area (Å²) in [5.41, 5.74) is 1.68. The van der Waals surface area contributed by atoms with Crippen molar-refractivity contribution >= 4 is 51.7 Å². The van der Waals surface area contributed by atoms with Gasteiger partial charge in [0.2, 0.25) is 0 Å². The van der Waals surface area contributed by atoms with Crippen LogP contribution in [0.15, 0.2) is 28.0 Å². The number of aryl methyl sites for hydroxylation is 1. The quantitative estimate of drug-likeness (QED) is 0.590. The molecule has 0 atom stereocenters. The highest BCUT2D eigenvalue weighted by molar-refractivity contribution is 8.26. The molecule has 0 saturated carbocycles. The summed E-state index contributed by atoms with van der Waals surface area (Å²) in [6, 6.07) is 3.72. The summed E-state index contributed by atoms with van der Waals surface area (Å²) < 4.78 is 2.05. The summed E-state index contributed by atoms with van der Waals surface area (Å²) >= 11 is 6.58. The lowest BCUT2D eigenvalue weighted by Crippen LogP contribution is -2.29. The van der Waals surface area contributed by atoms with Crippen LogP contribution < -0.4 is 10.9 Å². The largest absolute Gasteiger partial charge is 0.370 e. The van der Waals surface area contributed by atoms with Gasteiger partial charge in [-0.1, -0.05) is 43.4 Å². The van der Waals surface area contributed by atoms with Crippen molar-refractivity contribution in [3.63, 3.8) is 0 Å². The fourth-order valence-electron chi connectivity index (χ4n) is 2.83. The lowest BCUT2D eigenvalue weighted by molar-refractivity contribution is -0.122. The second kappa shape index (κ2) is 8.22. The van der Waals surface area contributed by atoms with E-state index in [-0.39, 0.29) is 11.5 Å². The molecule has 3 rings (SSSR count). The third-order valence-corrected chi connectivity index (χ3v) is 5.61. The fraction of sp³-hybridized carbons (Fsp3) is 0.368. The number of anilines is 1. The van der Waals surface area contributed by atoms with E-state index in [1.165, 1.54) is 16.2 Å². The number of aromatic nitrogens is 2. The highest BCUT2D eigenvalue weighted by Crippen LogP contribution is 2.33. The van der Waals surface area contributed by atoms with Gasteiger partial charge in [0, 0.05) is 19.3 Å². The van der Waals surface area contributed by atoms with Crippen LogP contribution in [0.25, 0.3) is 11.7 Å². The van der Waals surface area contributed by atoms with Crippen LogP contribution in [0.2, 0.25) is 0 Å². The number of pyridine rings is 1. The van der Waals surface area contributed by atoms with Gasteiger partial charge in [0.05, 0.1) is 10.5 Å². The maximum Gasteiger partial charge on any atom is 0.267 e. The van der Waals surface area contributed by atoms with Gasteiger partial charge in [-0.3, -0.25) is 18.9 Å². The Morgan fingerprint density at radius 3 is 2.78 bits per heavy atom. The molecule has 142 valence electrons. The van der Waals surface area contributed by atoms with Crippen LogP contribution >= 0.6 is 24.0 Å². The van der Waals surface area contributed by atoms with Crippen LogP contribution in [0.4, 0.5) is 5.82 Å². The minimum Gasteiger partial charge on any atom is -0.370 e. The van der Waals surface area contributed by atoms with Crippen molar-refractivity contribution in [2.75, 3.05) is 18.4 Å². The third kappa shape index (κ3) is 3.91. The monoisotopic (exact) mass is 402 g/mol. The van der Waals surface area contributed by atoms with Gasteiger partial charge in [-0.2, -0.15) is 0 Å². The van der Waals surface area contributed by atoms with Crippen molar-refractivity contribution in [1.29, 1.82) is 0 Å². The van der Waals surface area contributed by atoms with Crippen LogP contribution in [-0.4, -0.2) is 37.6 Å². The van der Waals surface area contributed by atoms with Crippen molar-refractivity contribution in [2.45, 2.75) is 33.6 Å². The van der Waals surface area contributed by atoms with Crippen LogP contribution in [0.1, 0.15) is 37.8 Å². The van der Waals surface area contributed by atoms with Gasteiger partial charge in [0.15, 0.2) is 0 Å². The molecule has 8 heteroatoms. The molecule has 1 aliphatic heterocycles. The zero-order valence-corrected chi connectivity index (χ0v) is 17.2. The lowest BCUT2D eigenvalue weighted by atomic mass is 10.2. The predicted molar refractivity (Wildman–Crippen MR) is 115 cm³/mol. The molecule has 1 amide bonds. The number of thiocarbonyl (C=S) groups is 1. The number of hydrogen-bond acceptors (Lipinski definition) is 6. The van der Waals surface area contributed by atoms with Gasteiger partial charge in [-0.05, 0) is 38.0 Å². The van der Waals surface area contributed by atoms with E-state index < -0.39 is 0 Å². The van der Waals surface area contributed by atoms with Crippen molar-refractivity contribution in [2.24, 2.45) is 0 Å². The summed E-state index contributed by atoms with van der Waals surface area (Å²) in [6.07, 6.45) is 5.25. The fourth-order valence-corrected chi connectivity index (χ4v) is 4.12. The molecule has 1 saturated heterocycles. The Morgan fingerprint density at radius 1 is 1.30 bits per heavy atom. The molecule has 6 nitrogen and oxygen atoms in total. The number of carbonyl (C=O) groups excluding carboxylic acids is 1. The number of hydrogen-bond donors (Lipinski definition) is 1. The predicted octanol–water partition coefficient (Wildman–Crippen LogP) is 3.44. The first-order chi connectivity index (χ1) is 13.0. The average Bonchev–Trinajstić information content (AvgIpc) is 2.90. The molecule has 0 aromatic carbocycles. The maximum atomic E-state index is 13.1. The maximum absolute atomic E-state index is 13.1. The van der Waals surface area contributed by atoms with Crippen LogP contribution in [0, 0.1) is 6.92 Å². The van der Waals surface area contributed by atoms with Gasteiger partial charge >= 0.3 is 0 Å². The topological polar surface area (TPSA) is 66.7 Å². The number of unbranched alkanes of at least 4 members (excludes halogenated alkanes) is 1. The summed E-state index contributed by atoms with van der Waals surface area (Å²) in [7, 11) is 0. The van der Waals surface area contributed by atoms with E-state index in [0.29, 0.717) is 39.3 Å². The summed E-state index contributed by atoms with van der Waals surface area (Å²) in [5, 5.41) is 3.13. The van der Waals surface area contributed by atoms with Gasteiger partial charge in [-0.25, -0.2) is 4.98 Å². The van der Waals surface area contributed by atoms with Crippen molar-refractivity contribution in [1.82, 2.24) is 14.3 Å². The highest BCUT2D eigenvalue weighted by atomic mass is 32.2. The lowest BCUT2D eigenvalue weighted by Gasteiger charge is -2.13. The molecule has 1 aliphatic rings. The van der Waals surface area contributed by atoms with Crippen molar-refractivity contribution < 1.29 is 4.79 Å². The Hall–Kier alpha value is -2.19. The van der Waals surface area contributed by atoms with Gasteiger partial charge < -0.3 is 5.32 Å². The molecular weight excluding hydrogens is 380 g/mol. The molecule has 27 heavy (non-hydrogen) atoms. The second-order valence-electron chi connectivity index (χ2n) is 6.33. The van der Waals surface area contributed by atoms with E-state index in [2.05, 4.69) is 17.2 Å². The first kappa shape index (κ1) is 19.6. The molecule has 1 fully saturated rings. The Balaban J connectivity index is 2.10. The number of amides is 1. The molecule has 0 unspecified atom stereocenters. The van der Waals surface area contributed by atoms with Crippen LogP contribution in [0.3, 0.4) is 0 Å². The first-order valence-electron chi connectivity index (χ1n) is 8.98. The highest BCUT2D eigenvalue weighted by Gasteiger charge is 2.32. The van der Waals surface area contributed by atoms with Crippen LogP contribution in [0.5, 0.6) is 0 Å². The number of nitrogens with one attached hydrogen (secondary N) is 1. The van der Waals surface area contributed by atoms with E-state index in [4.69, 9.17) is 12.2 Å². The summed E-state index contributed by atoms with van der Waals surface area (Å²) in [4.78, 5) is 32.4. The molecule has 0 bridgehead atoms. The number of carbonyl (C=O) groups is 1. The number of rotatable bonds is 6. The zero-order valence-electron chi connectivity index (χ0n) is 15.6. The Labute approximate surface area is 167 Å². The van der Waals surface area contributed by atoms with E-state index in [1.54, 1.807) is 17.2 Å². The molecule has 0 radical (unpaired) electrons. The smallest absolute Gasteiger partial charge is 0.267 e. The van der Waals surface area contributed by atoms with Gasteiger partial charge in [0.25, 0.3) is 11.5 Å². The van der Waals surface area contributed by atoms with E-state index >= 15 is 0 Å². The van der Waals surface area contributed by atoms with Gasteiger partial charge in [-0.15, -0.1) is 0 Å². The number of thioether (sulfide) groups is 1. The summed E-state index contributed by atoms with van der Waals surface area (Å²) in [6.45, 7) is 7.15. The molecule has 2 aromatic heterocycles. The molecule has 1 N–H and O–H groups in total. The van der Waals surface area contributed by atoms with Crippen molar-refractivity contribution in [3.05, 3.63) is 44.7 Å². The standard InChI is InChI=1S/C19H22N4O2S2/c1-4-6-9-22-18(25)14(27-19(22)26)10-13-16(20-5-2)21-15-8-7-12(3)11-23(15)17(13)24/h7-8,10-11,20H,4-6,9H2,1-3H3/b14-10+. The Morgan fingerprint density at radius 2 is 2.07 bits per heavy atom. The van der Waals surface area contributed by atoms with Gasteiger partial charge in [0.1, 0.15) is 15.8 Å².